The van der Waals surface area contributed by atoms with Gasteiger partial charge < -0.3 is 4.90 Å². The van der Waals surface area contributed by atoms with E-state index in [0.717, 1.165) is 19.5 Å². The molecule has 92 valence electrons. The molecule has 0 N–H and O–H groups in total. The van der Waals surface area contributed by atoms with Crippen LogP contribution >= 0.6 is 0 Å². The second kappa shape index (κ2) is 4.52. The number of hydrogen-bond donors (Lipinski definition) is 0. The van der Waals surface area contributed by atoms with E-state index >= 15 is 0 Å². The lowest BCUT2D eigenvalue weighted by Crippen LogP contribution is -2.44. The van der Waals surface area contributed by atoms with Gasteiger partial charge in [-0.3, -0.25) is 4.79 Å². The standard InChI is InChI=1S/C15H21NO/c1-4-7-14(17)16-10-12-8-5-6-9-13(12)15(2,3)11-16/h5-6,8-9H,4,7,10-11H2,1-3H3. The fraction of sp³-hybridized carbons (Fsp3) is 0.533. The third-order valence-electron chi connectivity index (χ3n) is 3.51. The van der Waals surface area contributed by atoms with Crippen LogP contribution in [0.5, 0.6) is 0 Å². The quantitative estimate of drug-likeness (QED) is 0.766. The van der Waals surface area contributed by atoms with E-state index in [4.69, 9.17) is 0 Å². The molecule has 1 aromatic carbocycles. The second-order valence-corrected chi connectivity index (χ2v) is 5.54. The number of amides is 1. The van der Waals surface area contributed by atoms with E-state index in [1.165, 1.54) is 11.1 Å². The molecule has 0 fully saturated rings. The predicted molar refractivity (Wildman–Crippen MR) is 69.8 cm³/mol. The second-order valence-electron chi connectivity index (χ2n) is 5.54. The highest BCUT2D eigenvalue weighted by molar-refractivity contribution is 5.76. The summed E-state index contributed by atoms with van der Waals surface area (Å²) in [6.45, 7) is 8.11. The SMILES string of the molecule is CCCC(=O)N1Cc2ccccc2C(C)(C)C1. The summed E-state index contributed by atoms with van der Waals surface area (Å²) in [6.07, 6.45) is 1.59. The van der Waals surface area contributed by atoms with E-state index in [2.05, 4.69) is 45.0 Å². The van der Waals surface area contributed by atoms with Crippen molar-refractivity contribution < 1.29 is 4.79 Å². The number of hydrogen-bond acceptors (Lipinski definition) is 1. The Bertz CT molecular complexity index is 423. The molecule has 1 heterocycles. The smallest absolute Gasteiger partial charge is 0.222 e. The van der Waals surface area contributed by atoms with Crippen molar-refractivity contribution in [2.75, 3.05) is 6.54 Å². The van der Waals surface area contributed by atoms with Crippen molar-refractivity contribution in [1.29, 1.82) is 0 Å². The Kier molecular flexibility index (Phi) is 3.23. The third kappa shape index (κ3) is 2.36. The van der Waals surface area contributed by atoms with Crippen molar-refractivity contribution in [3.8, 4) is 0 Å². The van der Waals surface area contributed by atoms with Crippen molar-refractivity contribution in [1.82, 2.24) is 4.90 Å². The summed E-state index contributed by atoms with van der Waals surface area (Å²) < 4.78 is 0. The Morgan fingerprint density at radius 3 is 2.76 bits per heavy atom. The summed E-state index contributed by atoms with van der Waals surface area (Å²) >= 11 is 0. The summed E-state index contributed by atoms with van der Waals surface area (Å²) in [5.74, 6) is 0.287. The maximum Gasteiger partial charge on any atom is 0.222 e. The summed E-state index contributed by atoms with van der Waals surface area (Å²) in [5, 5.41) is 0. The fourth-order valence-electron chi connectivity index (χ4n) is 2.69. The number of fused-ring (bicyclic) bond motifs is 1. The molecule has 17 heavy (non-hydrogen) atoms. The molecule has 0 atom stereocenters. The van der Waals surface area contributed by atoms with E-state index in [1.54, 1.807) is 0 Å². The van der Waals surface area contributed by atoms with Gasteiger partial charge in [0, 0.05) is 24.9 Å². The van der Waals surface area contributed by atoms with Gasteiger partial charge in [-0.2, -0.15) is 0 Å². The van der Waals surface area contributed by atoms with Gasteiger partial charge in [-0.25, -0.2) is 0 Å². The van der Waals surface area contributed by atoms with Crippen LogP contribution in [0.15, 0.2) is 24.3 Å². The van der Waals surface area contributed by atoms with Crippen LogP contribution in [0.1, 0.15) is 44.7 Å². The molecule has 0 aromatic heterocycles. The van der Waals surface area contributed by atoms with Crippen LogP contribution in [0.25, 0.3) is 0 Å². The number of nitrogens with zero attached hydrogens (tertiary/aromatic N) is 1. The summed E-state index contributed by atoms with van der Waals surface area (Å²) in [4.78, 5) is 14.0. The van der Waals surface area contributed by atoms with Crippen LogP contribution in [-0.2, 0) is 16.8 Å². The Morgan fingerprint density at radius 2 is 2.06 bits per heavy atom. The number of carbonyl (C=O) groups excluding carboxylic acids is 1. The monoisotopic (exact) mass is 231 g/mol. The zero-order valence-electron chi connectivity index (χ0n) is 11.0. The molecule has 0 aliphatic carbocycles. The zero-order chi connectivity index (χ0) is 12.5. The van der Waals surface area contributed by atoms with Crippen LogP contribution in [0.2, 0.25) is 0 Å². The zero-order valence-corrected chi connectivity index (χ0v) is 11.0. The van der Waals surface area contributed by atoms with Crippen LogP contribution in [0, 0.1) is 0 Å². The van der Waals surface area contributed by atoms with E-state index in [-0.39, 0.29) is 11.3 Å². The van der Waals surface area contributed by atoms with Crippen molar-refractivity contribution in [2.45, 2.75) is 45.6 Å². The van der Waals surface area contributed by atoms with Crippen LogP contribution < -0.4 is 0 Å². The third-order valence-corrected chi connectivity index (χ3v) is 3.51. The van der Waals surface area contributed by atoms with E-state index in [9.17, 15) is 4.79 Å². The predicted octanol–water partition coefficient (Wildman–Crippen LogP) is 3.11. The molecule has 0 saturated carbocycles. The molecule has 1 aromatic rings. The van der Waals surface area contributed by atoms with Gasteiger partial charge >= 0.3 is 0 Å². The van der Waals surface area contributed by atoms with Gasteiger partial charge in [-0.05, 0) is 17.5 Å². The van der Waals surface area contributed by atoms with Crippen molar-refractivity contribution in [3.05, 3.63) is 35.4 Å². The van der Waals surface area contributed by atoms with E-state index in [1.807, 2.05) is 4.90 Å². The van der Waals surface area contributed by atoms with Gasteiger partial charge in [0.2, 0.25) is 5.91 Å². The van der Waals surface area contributed by atoms with Crippen LogP contribution in [0.3, 0.4) is 0 Å². The maximum atomic E-state index is 12.0. The first-order valence-electron chi connectivity index (χ1n) is 6.41. The van der Waals surface area contributed by atoms with Crippen LogP contribution in [-0.4, -0.2) is 17.4 Å². The Morgan fingerprint density at radius 1 is 1.35 bits per heavy atom. The maximum absolute atomic E-state index is 12.0. The Balaban J connectivity index is 2.28. The lowest BCUT2D eigenvalue weighted by molar-refractivity contribution is -0.133. The summed E-state index contributed by atoms with van der Waals surface area (Å²) in [6, 6.07) is 8.48. The molecule has 0 radical (unpaired) electrons. The summed E-state index contributed by atoms with van der Waals surface area (Å²) in [5.41, 5.74) is 2.76. The van der Waals surface area contributed by atoms with Gasteiger partial charge in [0.15, 0.2) is 0 Å². The minimum atomic E-state index is 0.0677. The number of carbonyl (C=O) groups is 1. The highest BCUT2D eigenvalue weighted by atomic mass is 16.2. The molecule has 2 nitrogen and oxygen atoms in total. The van der Waals surface area contributed by atoms with Crippen molar-refractivity contribution in [2.24, 2.45) is 0 Å². The van der Waals surface area contributed by atoms with Gasteiger partial charge in [0.05, 0.1) is 0 Å². The lowest BCUT2D eigenvalue weighted by atomic mass is 9.78. The minimum absolute atomic E-state index is 0.0677. The molecular weight excluding hydrogens is 210 g/mol. The highest BCUT2D eigenvalue weighted by Crippen LogP contribution is 2.33. The molecule has 0 saturated heterocycles. The average Bonchev–Trinajstić information content (AvgIpc) is 2.28. The molecule has 0 bridgehead atoms. The molecule has 0 unspecified atom stereocenters. The Labute approximate surface area is 104 Å². The first kappa shape index (κ1) is 12.2. The highest BCUT2D eigenvalue weighted by Gasteiger charge is 2.32. The number of benzene rings is 1. The normalized spacial score (nSPS) is 17.7. The summed E-state index contributed by atoms with van der Waals surface area (Å²) in [7, 11) is 0. The van der Waals surface area contributed by atoms with E-state index < -0.39 is 0 Å². The van der Waals surface area contributed by atoms with Crippen molar-refractivity contribution >= 4 is 5.91 Å². The van der Waals surface area contributed by atoms with Gasteiger partial charge in [-0.15, -0.1) is 0 Å². The Hall–Kier alpha value is -1.31. The van der Waals surface area contributed by atoms with Crippen molar-refractivity contribution in [3.63, 3.8) is 0 Å². The topological polar surface area (TPSA) is 20.3 Å². The fourth-order valence-corrected chi connectivity index (χ4v) is 2.69. The average molecular weight is 231 g/mol. The molecule has 0 spiro atoms. The molecule has 1 amide bonds. The molecule has 1 aliphatic rings. The molecule has 2 heteroatoms. The minimum Gasteiger partial charge on any atom is -0.337 e. The van der Waals surface area contributed by atoms with Gasteiger partial charge in [0.25, 0.3) is 0 Å². The largest absolute Gasteiger partial charge is 0.337 e. The number of rotatable bonds is 2. The molecular formula is C15H21NO. The first-order valence-corrected chi connectivity index (χ1v) is 6.41. The lowest BCUT2D eigenvalue weighted by Gasteiger charge is -2.40. The van der Waals surface area contributed by atoms with E-state index in [0.29, 0.717) is 6.42 Å². The van der Waals surface area contributed by atoms with Gasteiger partial charge in [0.1, 0.15) is 0 Å². The van der Waals surface area contributed by atoms with Crippen LogP contribution in [0.4, 0.5) is 0 Å². The molecule has 1 aliphatic heterocycles. The molecule has 2 rings (SSSR count). The van der Waals surface area contributed by atoms with Gasteiger partial charge in [-0.1, -0.05) is 45.0 Å². The first-order chi connectivity index (χ1) is 8.04.